The molecule has 1 aromatic heterocycles. The zero-order valence-electron chi connectivity index (χ0n) is 12.7. The molecule has 0 spiro atoms. The Morgan fingerprint density at radius 2 is 1.79 bits per heavy atom. The number of carboxylic acid groups (broad SMARTS) is 1. The second-order valence-electron chi connectivity index (χ2n) is 5.22. The standard InChI is InChI=1S/C17H14N2O5/c1-10(19-13-8-4-5-9-14(13)24-17(19)23)15(20)18-12-7-3-2-6-11(12)16(21)22/h2-10H,1H3,(H,18,20)(H,21,22). The number of carboxylic acids is 1. The number of nitrogens with one attached hydrogen (secondary N) is 1. The lowest BCUT2D eigenvalue weighted by atomic mass is 10.1. The Balaban J connectivity index is 1.94. The minimum Gasteiger partial charge on any atom is -0.478 e. The maximum absolute atomic E-state index is 12.5. The van der Waals surface area contributed by atoms with Crippen molar-refractivity contribution >= 4 is 28.7 Å². The monoisotopic (exact) mass is 326 g/mol. The molecule has 0 bridgehead atoms. The van der Waals surface area contributed by atoms with Crippen LogP contribution in [0.15, 0.2) is 57.7 Å². The molecule has 0 saturated carbocycles. The first kappa shape index (κ1) is 15.5. The first-order chi connectivity index (χ1) is 11.5. The number of oxazole rings is 1. The van der Waals surface area contributed by atoms with Crippen molar-refractivity contribution in [3.63, 3.8) is 0 Å². The van der Waals surface area contributed by atoms with Crippen LogP contribution in [0.4, 0.5) is 5.69 Å². The topological polar surface area (TPSA) is 102 Å². The third kappa shape index (κ3) is 2.67. The van der Waals surface area contributed by atoms with Crippen molar-refractivity contribution in [1.82, 2.24) is 4.57 Å². The molecular weight excluding hydrogens is 312 g/mol. The van der Waals surface area contributed by atoms with E-state index in [1.54, 1.807) is 43.3 Å². The molecule has 0 aliphatic carbocycles. The molecule has 3 rings (SSSR count). The Bertz CT molecular complexity index is 986. The van der Waals surface area contributed by atoms with Crippen LogP contribution in [0, 0.1) is 0 Å². The number of carbonyl (C=O) groups excluding carboxylic acids is 1. The van der Waals surface area contributed by atoms with E-state index in [4.69, 9.17) is 9.52 Å². The van der Waals surface area contributed by atoms with E-state index >= 15 is 0 Å². The summed E-state index contributed by atoms with van der Waals surface area (Å²) in [4.78, 5) is 35.7. The van der Waals surface area contributed by atoms with Crippen molar-refractivity contribution in [2.45, 2.75) is 13.0 Å². The largest absolute Gasteiger partial charge is 0.478 e. The third-order valence-electron chi connectivity index (χ3n) is 3.70. The van der Waals surface area contributed by atoms with E-state index < -0.39 is 23.7 Å². The summed E-state index contributed by atoms with van der Waals surface area (Å²) in [5.41, 5.74) is 1.02. The Labute approximate surface area is 136 Å². The smallest absolute Gasteiger partial charge is 0.420 e. The lowest BCUT2D eigenvalue weighted by Gasteiger charge is -2.14. The van der Waals surface area contributed by atoms with E-state index in [1.807, 2.05) is 0 Å². The van der Waals surface area contributed by atoms with Crippen molar-refractivity contribution in [1.29, 1.82) is 0 Å². The van der Waals surface area contributed by atoms with Gasteiger partial charge in [0.15, 0.2) is 5.58 Å². The maximum Gasteiger partial charge on any atom is 0.420 e. The van der Waals surface area contributed by atoms with E-state index in [1.165, 1.54) is 16.7 Å². The number of aromatic carboxylic acids is 1. The zero-order valence-corrected chi connectivity index (χ0v) is 12.7. The number of hydrogen-bond acceptors (Lipinski definition) is 4. The SMILES string of the molecule is CC(C(=O)Nc1ccccc1C(=O)O)n1c(=O)oc2ccccc21. The molecule has 7 nitrogen and oxygen atoms in total. The normalized spacial score (nSPS) is 12.0. The summed E-state index contributed by atoms with van der Waals surface area (Å²) in [5, 5.41) is 11.7. The lowest BCUT2D eigenvalue weighted by molar-refractivity contribution is -0.118. The Hall–Kier alpha value is -3.35. The Kier molecular flexibility index (Phi) is 3.91. The second-order valence-corrected chi connectivity index (χ2v) is 5.22. The molecule has 3 aromatic rings. The number of aromatic nitrogens is 1. The maximum atomic E-state index is 12.5. The molecule has 122 valence electrons. The molecule has 0 aliphatic heterocycles. The number of anilines is 1. The van der Waals surface area contributed by atoms with Gasteiger partial charge in [-0.1, -0.05) is 24.3 Å². The Morgan fingerprint density at radius 3 is 2.54 bits per heavy atom. The molecule has 2 aromatic carbocycles. The van der Waals surface area contributed by atoms with Gasteiger partial charge in [-0.3, -0.25) is 9.36 Å². The van der Waals surface area contributed by atoms with Gasteiger partial charge in [0.2, 0.25) is 5.91 Å². The minimum atomic E-state index is -1.15. The van der Waals surface area contributed by atoms with Crippen LogP contribution in [-0.4, -0.2) is 21.6 Å². The Morgan fingerprint density at radius 1 is 1.12 bits per heavy atom. The van der Waals surface area contributed by atoms with Crippen molar-refractivity contribution in [3.8, 4) is 0 Å². The van der Waals surface area contributed by atoms with Crippen molar-refractivity contribution in [2.24, 2.45) is 0 Å². The molecule has 0 radical (unpaired) electrons. The predicted octanol–water partition coefficient (Wildman–Crippen LogP) is 2.49. The molecule has 1 unspecified atom stereocenters. The van der Waals surface area contributed by atoms with Gasteiger partial charge in [0.25, 0.3) is 0 Å². The summed E-state index contributed by atoms with van der Waals surface area (Å²) in [6.45, 7) is 1.54. The van der Waals surface area contributed by atoms with Crippen LogP contribution in [0.2, 0.25) is 0 Å². The average Bonchev–Trinajstić information content (AvgIpc) is 2.90. The first-order valence-electron chi connectivity index (χ1n) is 7.22. The van der Waals surface area contributed by atoms with Gasteiger partial charge >= 0.3 is 11.7 Å². The summed E-state index contributed by atoms with van der Waals surface area (Å²) in [6.07, 6.45) is 0. The molecule has 7 heteroatoms. The van der Waals surface area contributed by atoms with E-state index in [2.05, 4.69) is 5.32 Å². The van der Waals surface area contributed by atoms with E-state index in [0.29, 0.717) is 11.1 Å². The molecule has 0 aliphatic rings. The summed E-state index contributed by atoms with van der Waals surface area (Å²) < 4.78 is 6.35. The highest BCUT2D eigenvalue weighted by atomic mass is 16.4. The molecule has 1 atom stereocenters. The molecule has 0 fully saturated rings. The van der Waals surface area contributed by atoms with Crippen LogP contribution < -0.4 is 11.1 Å². The number of fused-ring (bicyclic) bond motifs is 1. The fraction of sp³-hybridized carbons (Fsp3) is 0.118. The van der Waals surface area contributed by atoms with E-state index in [9.17, 15) is 14.4 Å². The average molecular weight is 326 g/mol. The van der Waals surface area contributed by atoms with Crippen LogP contribution in [0.25, 0.3) is 11.1 Å². The third-order valence-corrected chi connectivity index (χ3v) is 3.70. The number of amides is 1. The van der Waals surface area contributed by atoms with Crippen LogP contribution in [0.5, 0.6) is 0 Å². The summed E-state index contributed by atoms with van der Waals surface area (Å²) in [7, 11) is 0. The van der Waals surface area contributed by atoms with Gasteiger partial charge < -0.3 is 14.8 Å². The van der Waals surface area contributed by atoms with Crippen molar-refractivity contribution in [3.05, 3.63) is 64.6 Å². The van der Waals surface area contributed by atoms with Crippen molar-refractivity contribution in [2.75, 3.05) is 5.32 Å². The second kappa shape index (κ2) is 6.04. The van der Waals surface area contributed by atoms with E-state index in [-0.39, 0.29) is 11.3 Å². The zero-order chi connectivity index (χ0) is 17.3. The van der Waals surface area contributed by atoms with Gasteiger partial charge in [-0.2, -0.15) is 0 Å². The molecule has 2 N–H and O–H groups in total. The van der Waals surface area contributed by atoms with Gasteiger partial charge in [0, 0.05) is 0 Å². The fourth-order valence-corrected chi connectivity index (χ4v) is 2.48. The van der Waals surface area contributed by atoms with Crippen LogP contribution in [-0.2, 0) is 4.79 Å². The molecule has 1 heterocycles. The first-order valence-corrected chi connectivity index (χ1v) is 7.22. The number of nitrogens with zero attached hydrogens (tertiary/aromatic N) is 1. The van der Waals surface area contributed by atoms with Crippen LogP contribution in [0.1, 0.15) is 23.3 Å². The highest BCUT2D eigenvalue weighted by Crippen LogP contribution is 2.20. The highest BCUT2D eigenvalue weighted by molar-refractivity contribution is 6.01. The minimum absolute atomic E-state index is 0.0255. The molecule has 0 saturated heterocycles. The number of hydrogen-bond donors (Lipinski definition) is 2. The molecule has 1 amide bonds. The summed E-state index contributed by atoms with van der Waals surface area (Å²) >= 11 is 0. The van der Waals surface area contributed by atoms with Crippen LogP contribution >= 0.6 is 0 Å². The van der Waals surface area contributed by atoms with Gasteiger partial charge in [0.05, 0.1) is 16.8 Å². The van der Waals surface area contributed by atoms with E-state index in [0.717, 1.165) is 0 Å². The van der Waals surface area contributed by atoms with Gasteiger partial charge in [-0.05, 0) is 31.2 Å². The molecule has 24 heavy (non-hydrogen) atoms. The number of carbonyl (C=O) groups is 2. The highest BCUT2D eigenvalue weighted by Gasteiger charge is 2.22. The van der Waals surface area contributed by atoms with Crippen LogP contribution in [0.3, 0.4) is 0 Å². The lowest BCUT2D eigenvalue weighted by Crippen LogP contribution is -2.29. The van der Waals surface area contributed by atoms with Gasteiger partial charge in [0.1, 0.15) is 6.04 Å². The number of rotatable bonds is 4. The summed E-state index contributed by atoms with van der Waals surface area (Å²) in [6, 6.07) is 12.0. The quantitative estimate of drug-likeness (QED) is 0.767. The van der Waals surface area contributed by atoms with Gasteiger partial charge in [-0.15, -0.1) is 0 Å². The van der Waals surface area contributed by atoms with Gasteiger partial charge in [-0.25, -0.2) is 9.59 Å². The fourth-order valence-electron chi connectivity index (χ4n) is 2.48. The predicted molar refractivity (Wildman–Crippen MR) is 87.2 cm³/mol. The summed E-state index contributed by atoms with van der Waals surface area (Å²) in [5.74, 6) is -2.31. The number of para-hydroxylation sites is 3. The number of benzene rings is 2. The molecular formula is C17H14N2O5. The van der Waals surface area contributed by atoms with Crippen molar-refractivity contribution < 1.29 is 19.1 Å².